The van der Waals surface area contributed by atoms with Crippen LogP contribution in [0.2, 0.25) is 0 Å². The van der Waals surface area contributed by atoms with Gasteiger partial charge in [0.15, 0.2) is 0 Å². The molecule has 1 fully saturated rings. The van der Waals surface area contributed by atoms with Crippen LogP contribution in [0.5, 0.6) is 0 Å². The topological polar surface area (TPSA) is 53.3 Å². The van der Waals surface area contributed by atoms with E-state index in [2.05, 4.69) is 22.0 Å². The van der Waals surface area contributed by atoms with Gasteiger partial charge in [0.1, 0.15) is 18.2 Å². The maximum Gasteiger partial charge on any atom is 0.326 e. The van der Waals surface area contributed by atoms with Gasteiger partial charge >= 0.3 is 5.97 Å². The molecule has 0 heterocycles. The largest absolute Gasteiger partial charge is 0.459 e. The summed E-state index contributed by atoms with van der Waals surface area (Å²) in [5.41, 5.74) is 1.05. The van der Waals surface area contributed by atoms with Crippen LogP contribution in [0.1, 0.15) is 39.2 Å². The standard InChI is InChI=1S/C17H21BrN2O2/c1-17(2,3)22-16(21)11-20(10-12-4-5-12)14-7-6-13(9-19)15(18)8-14/h6-8,12H,4-5,10-11H2,1-3H3. The second-order valence-electron chi connectivity index (χ2n) is 6.69. The Labute approximate surface area is 140 Å². The van der Waals surface area contributed by atoms with Gasteiger partial charge in [-0.2, -0.15) is 5.26 Å². The van der Waals surface area contributed by atoms with Gasteiger partial charge in [0, 0.05) is 16.7 Å². The second-order valence-corrected chi connectivity index (χ2v) is 7.54. The molecule has 1 aromatic rings. The summed E-state index contributed by atoms with van der Waals surface area (Å²) in [5.74, 6) is 0.422. The highest BCUT2D eigenvalue weighted by Gasteiger charge is 2.27. The van der Waals surface area contributed by atoms with Crippen LogP contribution in [0.25, 0.3) is 0 Å². The predicted octanol–water partition coefficient (Wildman–Crippen LogP) is 3.88. The van der Waals surface area contributed by atoms with Crippen LogP contribution < -0.4 is 4.90 Å². The van der Waals surface area contributed by atoms with Crippen LogP contribution in [0.3, 0.4) is 0 Å². The summed E-state index contributed by atoms with van der Waals surface area (Å²) in [5, 5.41) is 9.01. The maximum absolute atomic E-state index is 12.1. The van der Waals surface area contributed by atoms with Crippen molar-refractivity contribution in [2.24, 2.45) is 5.92 Å². The van der Waals surface area contributed by atoms with E-state index in [0.717, 1.165) is 16.7 Å². The fourth-order valence-corrected chi connectivity index (χ4v) is 2.65. The number of rotatable bonds is 5. The molecule has 5 heteroatoms. The molecule has 4 nitrogen and oxygen atoms in total. The Bertz CT molecular complexity index is 598. The molecule has 22 heavy (non-hydrogen) atoms. The molecule has 1 aliphatic carbocycles. The molecule has 1 saturated carbocycles. The third kappa shape index (κ3) is 5.03. The average molecular weight is 365 g/mol. The fraction of sp³-hybridized carbons (Fsp3) is 0.529. The molecule has 0 aliphatic heterocycles. The Morgan fingerprint density at radius 1 is 1.45 bits per heavy atom. The molecule has 0 radical (unpaired) electrons. The lowest BCUT2D eigenvalue weighted by atomic mass is 10.2. The second kappa shape index (κ2) is 6.70. The highest BCUT2D eigenvalue weighted by molar-refractivity contribution is 9.10. The summed E-state index contributed by atoms with van der Waals surface area (Å²) in [6, 6.07) is 7.68. The van der Waals surface area contributed by atoms with Crippen molar-refractivity contribution in [3.05, 3.63) is 28.2 Å². The van der Waals surface area contributed by atoms with Crippen molar-refractivity contribution in [2.45, 2.75) is 39.2 Å². The van der Waals surface area contributed by atoms with Gasteiger partial charge in [-0.15, -0.1) is 0 Å². The lowest BCUT2D eigenvalue weighted by Gasteiger charge is -2.27. The van der Waals surface area contributed by atoms with Crippen LogP contribution in [0, 0.1) is 17.2 Å². The summed E-state index contributed by atoms with van der Waals surface area (Å²) >= 11 is 3.41. The van der Waals surface area contributed by atoms with E-state index in [9.17, 15) is 4.79 Å². The summed E-state index contributed by atoms with van der Waals surface area (Å²) < 4.78 is 6.17. The number of carbonyl (C=O) groups is 1. The summed E-state index contributed by atoms with van der Waals surface area (Å²) in [6.07, 6.45) is 2.42. The van der Waals surface area contributed by atoms with Gasteiger partial charge in [0.25, 0.3) is 0 Å². The zero-order valence-electron chi connectivity index (χ0n) is 13.2. The lowest BCUT2D eigenvalue weighted by molar-refractivity contribution is -0.153. The van der Waals surface area contributed by atoms with Gasteiger partial charge in [-0.1, -0.05) is 0 Å². The third-order valence-electron chi connectivity index (χ3n) is 3.35. The molecule has 118 valence electrons. The van der Waals surface area contributed by atoms with E-state index in [1.54, 1.807) is 6.07 Å². The van der Waals surface area contributed by atoms with Crippen molar-refractivity contribution < 1.29 is 9.53 Å². The van der Waals surface area contributed by atoms with Crippen LogP contribution in [-0.2, 0) is 9.53 Å². The molecule has 0 aromatic heterocycles. The molecule has 0 spiro atoms. The van der Waals surface area contributed by atoms with E-state index in [4.69, 9.17) is 10.00 Å². The van der Waals surface area contributed by atoms with Crippen molar-refractivity contribution in [3.8, 4) is 6.07 Å². The third-order valence-corrected chi connectivity index (χ3v) is 4.01. The number of ether oxygens (including phenoxy) is 1. The fourth-order valence-electron chi connectivity index (χ4n) is 2.19. The maximum atomic E-state index is 12.1. The molecular formula is C17H21BrN2O2. The smallest absolute Gasteiger partial charge is 0.326 e. The van der Waals surface area contributed by atoms with Gasteiger partial charge in [0.2, 0.25) is 0 Å². The Balaban J connectivity index is 2.13. The first-order valence-corrected chi connectivity index (χ1v) is 8.24. The van der Waals surface area contributed by atoms with Crippen molar-refractivity contribution in [3.63, 3.8) is 0 Å². The van der Waals surface area contributed by atoms with Crippen LogP contribution in [-0.4, -0.2) is 24.7 Å². The van der Waals surface area contributed by atoms with Crippen LogP contribution >= 0.6 is 15.9 Å². The molecule has 0 N–H and O–H groups in total. The number of nitriles is 1. The minimum absolute atomic E-state index is 0.228. The Kier molecular flexibility index (Phi) is 5.12. The van der Waals surface area contributed by atoms with Gasteiger partial charge in [0.05, 0.1) is 5.56 Å². The van der Waals surface area contributed by atoms with E-state index in [0.29, 0.717) is 11.5 Å². The first-order chi connectivity index (χ1) is 10.3. The van der Waals surface area contributed by atoms with E-state index < -0.39 is 5.60 Å². The number of hydrogen-bond donors (Lipinski definition) is 0. The number of esters is 1. The van der Waals surface area contributed by atoms with Crippen LogP contribution in [0.15, 0.2) is 22.7 Å². The minimum Gasteiger partial charge on any atom is -0.459 e. The van der Waals surface area contributed by atoms with Crippen molar-refractivity contribution in [2.75, 3.05) is 18.0 Å². The number of benzene rings is 1. The molecule has 0 amide bonds. The molecule has 0 bridgehead atoms. The van der Waals surface area contributed by atoms with E-state index in [1.165, 1.54) is 12.8 Å². The van der Waals surface area contributed by atoms with E-state index >= 15 is 0 Å². The number of hydrogen-bond acceptors (Lipinski definition) is 4. The highest BCUT2D eigenvalue weighted by atomic mass is 79.9. The van der Waals surface area contributed by atoms with Gasteiger partial charge in [-0.25, -0.2) is 0 Å². The first kappa shape index (κ1) is 16.8. The van der Waals surface area contributed by atoms with E-state index in [1.807, 2.05) is 37.8 Å². The number of carbonyl (C=O) groups excluding carboxylic acids is 1. The Morgan fingerprint density at radius 3 is 2.64 bits per heavy atom. The van der Waals surface area contributed by atoms with Gasteiger partial charge in [-0.3, -0.25) is 4.79 Å². The van der Waals surface area contributed by atoms with Crippen molar-refractivity contribution >= 4 is 27.6 Å². The first-order valence-electron chi connectivity index (χ1n) is 7.45. The normalized spacial score (nSPS) is 14.3. The SMILES string of the molecule is CC(C)(C)OC(=O)CN(CC1CC1)c1ccc(C#N)c(Br)c1. The summed E-state index contributed by atoms with van der Waals surface area (Å²) in [4.78, 5) is 14.2. The summed E-state index contributed by atoms with van der Waals surface area (Å²) in [7, 11) is 0. The predicted molar refractivity (Wildman–Crippen MR) is 89.6 cm³/mol. The molecular weight excluding hydrogens is 344 g/mol. The lowest BCUT2D eigenvalue weighted by Crippen LogP contribution is -2.36. The van der Waals surface area contributed by atoms with Gasteiger partial charge < -0.3 is 9.64 Å². The average Bonchev–Trinajstić information content (AvgIpc) is 3.19. The van der Waals surface area contributed by atoms with Crippen molar-refractivity contribution in [1.29, 1.82) is 5.26 Å². The molecule has 0 saturated heterocycles. The Hall–Kier alpha value is -1.54. The molecule has 0 atom stereocenters. The molecule has 1 aliphatic rings. The highest BCUT2D eigenvalue weighted by Crippen LogP contribution is 2.32. The summed E-state index contributed by atoms with van der Waals surface area (Å²) in [6.45, 7) is 6.68. The number of halogens is 1. The quantitative estimate of drug-likeness (QED) is 0.743. The van der Waals surface area contributed by atoms with Crippen LogP contribution in [0.4, 0.5) is 5.69 Å². The number of anilines is 1. The molecule has 0 unspecified atom stereocenters. The van der Waals surface area contributed by atoms with E-state index in [-0.39, 0.29) is 12.5 Å². The minimum atomic E-state index is -0.479. The monoisotopic (exact) mass is 364 g/mol. The Morgan fingerprint density at radius 2 is 2.14 bits per heavy atom. The zero-order valence-corrected chi connectivity index (χ0v) is 14.8. The molecule has 1 aromatic carbocycles. The van der Waals surface area contributed by atoms with Crippen molar-refractivity contribution in [1.82, 2.24) is 0 Å². The molecule has 2 rings (SSSR count). The number of nitrogens with zero attached hydrogens (tertiary/aromatic N) is 2. The zero-order chi connectivity index (χ0) is 16.3. The van der Waals surface area contributed by atoms with Gasteiger partial charge in [-0.05, 0) is 73.7 Å².